The molecule has 0 aromatic heterocycles. The van der Waals surface area contributed by atoms with E-state index in [-0.39, 0.29) is 10.6 Å². The second-order valence-corrected chi connectivity index (χ2v) is 6.19. The summed E-state index contributed by atoms with van der Waals surface area (Å²) in [6, 6.07) is 6.06. The summed E-state index contributed by atoms with van der Waals surface area (Å²) < 4.78 is 0. The predicted octanol–water partition coefficient (Wildman–Crippen LogP) is 3.65. The molecule has 5 heteroatoms. The lowest BCUT2D eigenvalue weighted by atomic mass is 9.86. The standard InChI is InChI=1S/C16H25N3O2/c1-12-4-7-14(8-5-12)18(3)11-13-6-9-15(17-2)16(10-13)19(20)21/h6,9-10,12,14,17H,4-5,7-8,11H2,1-3H3. The predicted molar refractivity (Wildman–Crippen MR) is 85.5 cm³/mol. The molecule has 0 saturated heterocycles. The highest BCUT2D eigenvalue weighted by atomic mass is 16.6. The summed E-state index contributed by atoms with van der Waals surface area (Å²) >= 11 is 0. The number of nitrogens with one attached hydrogen (secondary N) is 1. The third kappa shape index (κ3) is 3.94. The van der Waals surface area contributed by atoms with Gasteiger partial charge in [-0.2, -0.15) is 0 Å². The SMILES string of the molecule is CNc1ccc(CN(C)C2CCC(C)CC2)cc1[N+](=O)[O-]. The van der Waals surface area contributed by atoms with E-state index in [2.05, 4.69) is 24.2 Å². The van der Waals surface area contributed by atoms with Gasteiger partial charge in [-0.25, -0.2) is 0 Å². The van der Waals surface area contributed by atoms with Crippen molar-refractivity contribution in [1.29, 1.82) is 0 Å². The first-order chi connectivity index (χ1) is 10.0. The monoisotopic (exact) mass is 291 g/mol. The first-order valence-electron chi connectivity index (χ1n) is 7.66. The minimum Gasteiger partial charge on any atom is -0.383 e. The fourth-order valence-corrected chi connectivity index (χ4v) is 3.14. The second-order valence-electron chi connectivity index (χ2n) is 6.19. The Bertz CT molecular complexity index is 496. The van der Waals surface area contributed by atoms with Crippen LogP contribution >= 0.6 is 0 Å². The van der Waals surface area contributed by atoms with E-state index >= 15 is 0 Å². The summed E-state index contributed by atoms with van der Waals surface area (Å²) in [6.07, 6.45) is 5.03. The minimum atomic E-state index is -0.322. The molecule has 1 N–H and O–H groups in total. The van der Waals surface area contributed by atoms with Gasteiger partial charge in [-0.1, -0.05) is 13.0 Å². The molecule has 1 aliphatic rings. The topological polar surface area (TPSA) is 58.4 Å². The third-order valence-electron chi connectivity index (χ3n) is 4.57. The van der Waals surface area contributed by atoms with E-state index in [0.29, 0.717) is 11.7 Å². The maximum Gasteiger partial charge on any atom is 0.292 e. The lowest BCUT2D eigenvalue weighted by molar-refractivity contribution is -0.384. The average molecular weight is 291 g/mol. The maximum atomic E-state index is 11.1. The lowest BCUT2D eigenvalue weighted by Crippen LogP contribution is -2.34. The summed E-state index contributed by atoms with van der Waals surface area (Å²) in [5, 5.41) is 14.0. The molecule has 0 bridgehead atoms. The number of anilines is 1. The molecular weight excluding hydrogens is 266 g/mol. The zero-order valence-electron chi connectivity index (χ0n) is 13.1. The summed E-state index contributed by atoms with van der Waals surface area (Å²) in [6.45, 7) is 3.08. The van der Waals surface area contributed by atoms with Crippen molar-refractivity contribution < 1.29 is 4.92 Å². The highest BCUT2D eigenvalue weighted by molar-refractivity contribution is 5.62. The van der Waals surface area contributed by atoms with Crippen molar-refractivity contribution in [3.8, 4) is 0 Å². The van der Waals surface area contributed by atoms with Gasteiger partial charge in [0.05, 0.1) is 4.92 Å². The van der Waals surface area contributed by atoms with E-state index in [0.717, 1.165) is 18.0 Å². The normalized spacial score (nSPS) is 22.3. The zero-order chi connectivity index (χ0) is 15.4. The highest BCUT2D eigenvalue weighted by Crippen LogP contribution is 2.29. The number of benzene rings is 1. The van der Waals surface area contributed by atoms with Crippen molar-refractivity contribution in [2.24, 2.45) is 5.92 Å². The van der Waals surface area contributed by atoms with Crippen LogP contribution in [0.3, 0.4) is 0 Å². The summed E-state index contributed by atoms with van der Waals surface area (Å²) in [7, 11) is 3.83. The van der Waals surface area contributed by atoms with Gasteiger partial charge in [-0.15, -0.1) is 0 Å². The van der Waals surface area contributed by atoms with Gasteiger partial charge in [0.2, 0.25) is 0 Å². The van der Waals surface area contributed by atoms with Gasteiger partial charge in [-0.3, -0.25) is 15.0 Å². The Labute approximate surface area is 126 Å². The van der Waals surface area contributed by atoms with Crippen LogP contribution in [0, 0.1) is 16.0 Å². The van der Waals surface area contributed by atoms with Gasteiger partial charge < -0.3 is 5.32 Å². The van der Waals surface area contributed by atoms with Crippen molar-refractivity contribution in [3.05, 3.63) is 33.9 Å². The van der Waals surface area contributed by atoms with Crippen LogP contribution in [-0.2, 0) is 6.54 Å². The molecule has 1 fully saturated rings. The molecule has 5 nitrogen and oxygen atoms in total. The molecule has 0 amide bonds. The number of hydrogen-bond acceptors (Lipinski definition) is 4. The number of nitrogens with zero attached hydrogens (tertiary/aromatic N) is 2. The quantitative estimate of drug-likeness (QED) is 0.664. The molecule has 0 spiro atoms. The van der Waals surface area contributed by atoms with E-state index in [9.17, 15) is 10.1 Å². The van der Waals surface area contributed by atoms with E-state index in [4.69, 9.17) is 0 Å². The van der Waals surface area contributed by atoms with Crippen LogP contribution in [0.25, 0.3) is 0 Å². The maximum absolute atomic E-state index is 11.1. The Balaban J connectivity index is 2.05. The molecular formula is C16H25N3O2. The fraction of sp³-hybridized carbons (Fsp3) is 0.625. The van der Waals surface area contributed by atoms with Gasteiger partial charge in [-0.05, 0) is 50.3 Å². The van der Waals surface area contributed by atoms with Crippen molar-refractivity contribution in [2.45, 2.75) is 45.2 Å². The molecule has 116 valence electrons. The van der Waals surface area contributed by atoms with E-state index in [1.54, 1.807) is 19.2 Å². The summed E-state index contributed by atoms with van der Waals surface area (Å²) in [4.78, 5) is 13.1. The van der Waals surface area contributed by atoms with Crippen LogP contribution in [0.5, 0.6) is 0 Å². The molecule has 0 heterocycles. The first-order valence-corrected chi connectivity index (χ1v) is 7.66. The van der Waals surface area contributed by atoms with Crippen molar-refractivity contribution in [2.75, 3.05) is 19.4 Å². The first kappa shape index (κ1) is 15.8. The molecule has 2 rings (SSSR count). The lowest BCUT2D eigenvalue weighted by Gasteiger charge is -2.33. The van der Waals surface area contributed by atoms with E-state index < -0.39 is 0 Å². The molecule has 0 aliphatic heterocycles. The van der Waals surface area contributed by atoms with Crippen molar-refractivity contribution in [1.82, 2.24) is 4.90 Å². The fourth-order valence-electron chi connectivity index (χ4n) is 3.14. The number of hydrogen-bond donors (Lipinski definition) is 1. The van der Waals surface area contributed by atoms with Gasteiger partial charge in [0.15, 0.2) is 0 Å². The number of nitro benzene ring substituents is 1. The summed E-state index contributed by atoms with van der Waals surface area (Å²) in [5.41, 5.74) is 1.72. The molecule has 1 saturated carbocycles. The van der Waals surface area contributed by atoms with Crippen LogP contribution in [-0.4, -0.2) is 30.0 Å². The minimum absolute atomic E-state index is 0.153. The molecule has 0 unspecified atom stereocenters. The van der Waals surface area contributed by atoms with Crippen molar-refractivity contribution >= 4 is 11.4 Å². The molecule has 0 radical (unpaired) electrons. The molecule has 1 aromatic rings. The van der Waals surface area contributed by atoms with Crippen LogP contribution in [0.1, 0.15) is 38.2 Å². The second kappa shape index (κ2) is 6.89. The Hall–Kier alpha value is -1.62. The van der Waals surface area contributed by atoms with E-state index in [1.165, 1.54) is 25.7 Å². The number of nitro groups is 1. The largest absolute Gasteiger partial charge is 0.383 e. The smallest absolute Gasteiger partial charge is 0.292 e. The molecule has 1 aliphatic carbocycles. The average Bonchev–Trinajstić information content (AvgIpc) is 2.47. The Morgan fingerprint density at radius 1 is 1.33 bits per heavy atom. The van der Waals surface area contributed by atoms with Crippen LogP contribution in [0.4, 0.5) is 11.4 Å². The van der Waals surface area contributed by atoms with Crippen LogP contribution in [0.15, 0.2) is 18.2 Å². The number of rotatable bonds is 5. The molecule has 21 heavy (non-hydrogen) atoms. The Morgan fingerprint density at radius 3 is 2.57 bits per heavy atom. The van der Waals surface area contributed by atoms with Gasteiger partial charge >= 0.3 is 0 Å². The Morgan fingerprint density at radius 2 is 2.00 bits per heavy atom. The highest BCUT2D eigenvalue weighted by Gasteiger charge is 2.22. The third-order valence-corrected chi connectivity index (χ3v) is 4.57. The van der Waals surface area contributed by atoms with Gasteiger partial charge in [0, 0.05) is 25.7 Å². The Kier molecular flexibility index (Phi) is 5.17. The molecule has 1 aromatic carbocycles. The molecule has 0 atom stereocenters. The van der Waals surface area contributed by atoms with Crippen LogP contribution < -0.4 is 5.32 Å². The van der Waals surface area contributed by atoms with E-state index in [1.807, 2.05) is 6.07 Å². The summed E-state index contributed by atoms with van der Waals surface area (Å²) in [5.74, 6) is 0.839. The van der Waals surface area contributed by atoms with Crippen molar-refractivity contribution in [3.63, 3.8) is 0 Å². The zero-order valence-corrected chi connectivity index (χ0v) is 13.1. The van der Waals surface area contributed by atoms with Gasteiger partial charge in [0.25, 0.3) is 5.69 Å². The van der Waals surface area contributed by atoms with Gasteiger partial charge in [0.1, 0.15) is 5.69 Å². The van der Waals surface area contributed by atoms with Crippen LogP contribution in [0.2, 0.25) is 0 Å².